The first-order valence-electron chi connectivity index (χ1n) is 4.35. The second-order valence-electron chi connectivity index (χ2n) is 2.61. The van der Waals surface area contributed by atoms with Crippen LogP contribution in [0.3, 0.4) is 0 Å². The minimum atomic E-state index is 0.724. The lowest BCUT2D eigenvalue weighted by Gasteiger charge is -2.02. The Labute approximate surface area is 91.4 Å². The van der Waals surface area contributed by atoms with Crippen molar-refractivity contribution < 1.29 is 4.74 Å². The Morgan fingerprint density at radius 2 is 2.38 bits per heavy atom. The number of ether oxygens (including phenoxy) is 1. The fourth-order valence-corrected chi connectivity index (χ4v) is 2.34. The Hall–Kier alpha value is 0.1000. The van der Waals surface area contributed by atoms with E-state index in [0.717, 1.165) is 30.1 Å². The van der Waals surface area contributed by atoms with E-state index in [1.165, 1.54) is 4.88 Å². The Morgan fingerprint density at radius 1 is 1.54 bits per heavy atom. The van der Waals surface area contributed by atoms with Gasteiger partial charge in [0.2, 0.25) is 0 Å². The molecule has 0 aliphatic heterocycles. The Balaban J connectivity index is 2.06. The molecule has 0 fully saturated rings. The van der Waals surface area contributed by atoms with Gasteiger partial charge >= 0.3 is 0 Å². The smallest absolute Gasteiger partial charge is 0.0810 e. The lowest BCUT2D eigenvalue weighted by Crippen LogP contribution is -2.18. The van der Waals surface area contributed by atoms with E-state index in [-0.39, 0.29) is 0 Å². The first kappa shape index (κ1) is 11.2. The van der Waals surface area contributed by atoms with Crippen molar-refractivity contribution in [1.29, 1.82) is 0 Å². The van der Waals surface area contributed by atoms with Crippen LogP contribution >= 0.6 is 27.3 Å². The molecule has 74 valence electrons. The standard InChI is InChI=1S/C9H14BrNOS/c1-2-11-5-6-12-7-8-3-4-9(10)13-8/h3-4,11H,2,5-7H2,1H3. The van der Waals surface area contributed by atoms with Crippen LogP contribution in [-0.4, -0.2) is 19.7 Å². The lowest BCUT2D eigenvalue weighted by atomic mass is 10.5. The van der Waals surface area contributed by atoms with Crippen LogP contribution in [0.4, 0.5) is 0 Å². The van der Waals surface area contributed by atoms with E-state index >= 15 is 0 Å². The molecule has 4 heteroatoms. The highest BCUT2D eigenvalue weighted by Gasteiger charge is 1.96. The number of halogens is 1. The number of thiophene rings is 1. The maximum Gasteiger partial charge on any atom is 0.0810 e. The van der Waals surface area contributed by atoms with E-state index < -0.39 is 0 Å². The zero-order valence-corrected chi connectivity index (χ0v) is 10.1. The summed E-state index contributed by atoms with van der Waals surface area (Å²) in [6.07, 6.45) is 0. The topological polar surface area (TPSA) is 21.3 Å². The van der Waals surface area contributed by atoms with Gasteiger partial charge in [-0.3, -0.25) is 0 Å². The predicted molar refractivity (Wildman–Crippen MR) is 60.2 cm³/mol. The van der Waals surface area contributed by atoms with Crippen LogP contribution in [0.1, 0.15) is 11.8 Å². The van der Waals surface area contributed by atoms with E-state index in [4.69, 9.17) is 4.74 Å². The molecule has 0 aliphatic rings. The molecule has 0 saturated heterocycles. The molecule has 2 nitrogen and oxygen atoms in total. The molecule has 1 aromatic heterocycles. The van der Waals surface area contributed by atoms with Crippen molar-refractivity contribution in [2.75, 3.05) is 19.7 Å². The first-order valence-corrected chi connectivity index (χ1v) is 5.96. The summed E-state index contributed by atoms with van der Waals surface area (Å²) in [5.41, 5.74) is 0. The number of likely N-dealkylation sites (N-methyl/N-ethyl adjacent to an activating group) is 1. The quantitative estimate of drug-likeness (QED) is 0.797. The maximum atomic E-state index is 5.46. The molecule has 1 heterocycles. The van der Waals surface area contributed by atoms with Gasteiger partial charge in [-0.25, -0.2) is 0 Å². The van der Waals surface area contributed by atoms with E-state index in [1.54, 1.807) is 11.3 Å². The van der Waals surface area contributed by atoms with Crippen LogP contribution < -0.4 is 5.32 Å². The van der Waals surface area contributed by atoms with E-state index in [1.807, 2.05) is 6.07 Å². The van der Waals surface area contributed by atoms with Gasteiger partial charge in [-0.2, -0.15) is 0 Å². The summed E-state index contributed by atoms with van der Waals surface area (Å²) in [5, 5.41) is 3.21. The zero-order valence-electron chi connectivity index (χ0n) is 7.68. The van der Waals surface area contributed by atoms with Gasteiger partial charge in [-0.15, -0.1) is 11.3 Å². The van der Waals surface area contributed by atoms with Crippen molar-refractivity contribution in [2.45, 2.75) is 13.5 Å². The van der Waals surface area contributed by atoms with E-state index in [9.17, 15) is 0 Å². The van der Waals surface area contributed by atoms with Crippen LogP contribution in [0.2, 0.25) is 0 Å². The fourth-order valence-electron chi connectivity index (χ4n) is 0.923. The van der Waals surface area contributed by atoms with Gasteiger partial charge in [0.05, 0.1) is 17.0 Å². The number of hydrogen-bond acceptors (Lipinski definition) is 3. The van der Waals surface area contributed by atoms with Crippen molar-refractivity contribution in [2.24, 2.45) is 0 Å². The van der Waals surface area contributed by atoms with Crippen molar-refractivity contribution in [3.05, 3.63) is 20.8 Å². The minimum absolute atomic E-state index is 0.724. The van der Waals surface area contributed by atoms with Crippen LogP contribution in [-0.2, 0) is 11.3 Å². The Morgan fingerprint density at radius 3 is 3.00 bits per heavy atom. The molecule has 0 aromatic carbocycles. The van der Waals surface area contributed by atoms with Crippen molar-refractivity contribution in [3.8, 4) is 0 Å². The molecular weight excluding hydrogens is 250 g/mol. The Kier molecular flexibility index (Phi) is 5.62. The number of rotatable bonds is 6. The third-order valence-corrected chi connectivity index (χ3v) is 3.14. The molecule has 1 N–H and O–H groups in total. The third-order valence-electron chi connectivity index (χ3n) is 1.55. The molecule has 0 amide bonds. The van der Waals surface area contributed by atoms with Crippen molar-refractivity contribution in [1.82, 2.24) is 5.32 Å². The second-order valence-corrected chi connectivity index (χ2v) is 5.16. The maximum absolute atomic E-state index is 5.46. The summed E-state index contributed by atoms with van der Waals surface area (Å²) in [5.74, 6) is 0. The molecule has 0 spiro atoms. The summed E-state index contributed by atoms with van der Waals surface area (Å²) in [7, 11) is 0. The highest BCUT2D eigenvalue weighted by molar-refractivity contribution is 9.11. The average Bonchev–Trinajstić information content (AvgIpc) is 2.51. The van der Waals surface area contributed by atoms with Crippen molar-refractivity contribution >= 4 is 27.3 Å². The van der Waals surface area contributed by atoms with E-state index in [0.29, 0.717) is 0 Å². The molecule has 13 heavy (non-hydrogen) atoms. The molecule has 0 bridgehead atoms. The minimum Gasteiger partial charge on any atom is -0.375 e. The summed E-state index contributed by atoms with van der Waals surface area (Å²) in [4.78, 5) is 1.27. The second kappa shape index (κ2) is 6.54. The molecular formula is C9H14BrNOS. The summed E-state index contributed by atoms with van der Waals surface area (Å²) in [6, 6.07) is 4.13. The van der Waals surface area contributed by atoms with Gasteiger partial charge in [0, 0.05) is 11.4 Å². The fraction of sp³-hybridized carbons (Fsp3) is 0.556. The first-order chi connectivity index (χ1) is 6.33. The van der Waals surface area contributed by atoms with Crippen LogP contribution in [0.15, 0.2) is 15.9 Å². The summed E-state index contributed by atoms with van der Waals surface area (Å²) < 4.78 is 6.63. The normalized spacial score (nSPS) is 10.6. The lowest BCUT2D eigenvalue weighted by molar-refractivity contribution is 0.125. The average molecular weight is 264 g/mol. The van der Waals surface area contributed by atoms with Gasteiger partial charge in [0.15, 0.2) is 0 Å². The predicted octanol–water partition coefficient (Wildman–Crippen LogP) is 2.64. The number of hydrogen-bond donors (Lipinski definition) is 1. The van der Waals surface area contributed by atoms with E-state index in [2.05, 4.69) is 34.2 Å². The molecule has 1 rings (SSSR count). The van der Waals surface area contributed by atoms with Crippen LogP contribution in [0.25, 0.3) is 0 Å². The molecule has 0 atom stereocenters. The van der Waals surface area contributed by atoms with Gasteiger partial charge in [0.25, 0.3) is 0 Å². The SMILES string of the molecule is CCNCCOCc1ccc(Br)s1. The van der Waals surface area contributed by atoms with Gasteiger partial charge in [0.1, 0.15) is 0 Å². The highest BCUT2D eigenvalue weighted by atomic mass is 79.9. The van der Waals surface area contributed by atoms with Crippen LogP contribution in [0, 0.1) is 0 Å². The third kappa shape index (κ3) is 4.76. The Bertz CT molecular complexity index is 239. The molecule has 0 saturated carbocycles. The van der Waals surface area contributed by atoms with Gasteiger partial charge in [-0.1, -0.05) is 6.92 Å². The van der Waals surface area contributed by atoms with Crippen LogP contribution in [0.5, 0.6) is 0 Å². The number of nitrogens with one attached hydrogen (secondary N) is 1. The summed E-state index contributed by atoms with van der Waals surface area (Å²) in [6.45, 7) is 5.54. The van der Waals surface area contributed by atoms with Gasteiger partial charge < -0.3 is 10.1 Å². The highest BCUT2D eigenvalue weighted by Crippen LogP contribution is 2.22. The zero-order chi connectivity index (χ0) is 9.52. The molecule has 0 radical (unpaired) electrons. The largest absolute Gasteiger partial charge is 0.375 e. The molecule has 1 aromatic rings. The van der Waals surface area contributed by atoms with Crippen molar-refractivity contribution in [3.63, 3.8) is 0 Å². The monoisotopic (exact) mass is 263 g/mol. The molecule has 0 unspecified atom stereocenters. The summed E-state index contributed by atoms with van der Waals surface area (Å²) >= 11 is 5.14. The van der Waals surface area contributed by atoms with Gasteiger partial charge in [-0.05, 0) is 34.6 Å². The molecule has 0 aliphatic carbocycles.